The molecule has 4 heteroatoms. The smallest absolute Gasteiger partial charge is 0.261 e. The molecule has 0 unspecified atom stereocenters. The van der Waals surface area contributed by atoms with E-state index in [1.165, 1.54) is 37.0 Å². The fourth-order valence-electron chi connectivity index (χ4n) is 2.85. The largest absolute Gasteiger partial charge is 0.395 e. The Balaban J connectivity index is 1.60. The minimum absolute atomic E-state index is 0.0326. The Kier molecular flexibility index (Phi) is 4.05. The standard InChI is InChI=1S/C17H21NO2S/c1-12-10-15(21-14(12)4-2-3-9-19)16(20)18-11-17(7-8-17)13-5-6-13/h10,13,19H,3,5-9,11H2,1H3,(H,18,20). The summed E-state index contributed by atoms with van der Waals surface area (Å²) < 4.78 is 0. The number of thiophene rings is 1. The van der Waals surface area contributed by atoms with E-state index in [9.17, 15) is 4.79 Å². The molecular formula is C17H21NO2S. The van der Waals surface area contributed by atoms with E-state index in [1.807, 2.05) is 13.0 Å². The van der Waals surface area contributed by atoms with Crippen LogP contribution in [0.25, 0.3) is 0 Å². The Morgan fingerprint density at radius 3 is 2.90 bits per heavy atom. The van der Waals surface area contributed by atoms with Crippen LogP contribution in [-0.2, 0) is 0 Å². The monoisotopic (exact) mass is 303 g/mol. The number of aliphatic hydroxyl groups excluding tert-OH is 1. The second-order valence-electron chi connectivity index (χ2n) is 6.22. The highest BCUT2D eigenvalue weighted by atomic mass is 32.1. The third kappa shape index (κ3) is 3.30. The first kappa shape index (κ1) is 14.6. The van der Waals surface area contributed by atoms with Crippen LogP contribution in [0.1, 0.15) is 52.2 Å². The summed E-state index contributed by atoms with van der Waals surface area (Å²) in [5, 5.41) is 11.9. The van der Waals surface area contributed by atoms with Gasteiger partial charge in [0.1, 0.15) is 0 Å². The molecule has 0 bridgehead atoms. The molecule has 2 saturated carbocycles. The lowest BCUT2D eigenvalue weighted by Gasteiger charge is -2.14. The van der Waals surface area contributed by atoms with Gasteiger partial charge in [-0.05, 0) is 55.6 Å². The van der Waals surface area contributed by atoms with Crippen molar-refractivity contribution in [3.8, 4) is 11.8 Å². The van der Waals surface area contributed by atoms with Crippen LogP contribution in [0.4, 0.5) is 0 Å². The lowest BCUT2D eigenvalue weighted by atomic mass is 10.0. The molecule has 1 heterocycles. The Morgan fingerprint density at radius 1 is 1.52 bits per heavy atom. The van der Waals surface area contributed by atoms with Crippen molar-refractivity contribution in [2.75, 3.05) is 13.2 Å². The fraction of sp³-hybridized carbons (Fsp3) is 0.588. The zero-order chi connectivity index (χ0) is 14.9. The van der Waals surface area contributed by atoms with Crippen molar-refractivity contribution >= 4 is 17.2 Å². The molecule has 0 spiro atoms. The van der Waals surface area contributed by atoms with Crippen molar-refractivity contribution in [2.24, 2.45) is 11.3 Å². The predicted octanol–water partition coefficient (Wildman–Crippen LogP) is 2.71. The maximum absolute atomic E-state index is 12.3. The number of hydrogen-bond donors (Lipinski definition) is 2. The van der Waals surface area contributed by atoms with Crippen molar-refractivity contribution in [1.82, 2.24) is 5.32 Å². The van der Waals surface area contributed by atoms with Gasteiger partial charge in [0.05, 0.1) is 16.4 Å². The Hall–Kier alpha value is -1.31. The number of carbonyl (C=O) groups excluding carboxylic acids is 1. The molecule has 1 amide bonds. The van der Waals surface area contributed by atoms with Gasteiger partial charge in [0.15, 0.2) is 0 Å². The molecular weight excluding hydrogens is 282 g/mol. The van der Waals surface area contributed by atoms with E-state index in [1.54, 1.807) is 0 Å². The second-order valence-corrected chi connectivity index (χ2v) is 7.27. The number of aliphatic hydroxyl groups is 1. The van der Waals surface area contributed by atoms with Crippen molar-refractivity contribution in [1.29, 1.82) is 0 Å². The van der Waals surface area contributed by atoms with Crippen LogP contribution in [0.2, 0.25) is 0 Å². The number of rotatable bonds is 5. The number of amides is 1. The predicted molar refractivity (Wildman–Crippen MR) is 84.4 cm³/mol. The molecule has 1 aromatic heterocycles. The summed E-state index contributed by atoms with van der Waals surface area (Å²) in [6.07, 6.45) is 5.72. The molecule has 3 nitrogen and oxygen atoms in total. The number of carbonyl (C=O) groups is 1. The van der Waals surface area contributed by atoms with Crippen LogP contribution in [0.5, 0.6) is 0 Å². The van der Waals surface area contributed by atoms with Crippen molar-refractivity contribution in [3.05, 3.63) is 21.4 Å². The lowest BCUT2D eigenvalue weighted by Crippen LogP contribution is -2.30. The van der Waals surface area contributed by atoms with Crippen LogP contribution >= 0.6 is 11.3 Å². The van der Waals surface area contributed by atoms with E-state index in [0.717, 1.165) is 27.8 Å². The molecule has 2 fully saturated rings. The van der Waals surface area contributed by atoms with Crippen LogP contribution < -0.4 is 5.32 Å². The minimum Gasteiger partial charge on any atom is -0.395 e. The molecule has 0 radical (unpaired) electrons. The van der Waals surface area contributed by atoms with Gasteiger partial charge in [-0.1, -0.05) is 11.8 Å². The third-order valence-corrected chi connectivity index (χ3v) is 5.67. The molecule has 0 aliphatic heterocycles. The van der Waals surface area contributed by atoms with E-state index in [4.69, 9.17) is 5.11 Å². The van der Waals surface area contributed by atoms with Crippen molar-refractivity contribution in [3.63, 3.8) is 0 Å². The highest BCUT2D eigenvalue weighted by molar-refractivity contribution is 7.14. The SMILES string of the molecule is Cc1cc(C(=O)NCC2(C3CC3)CC2)sc1C#CCCO. The first-order chi connectivity index (χ1) is 10.1. The van der Waals surface area contributed by atoms with Gasteiger partial charge < -0.3 is 10.4 Å². The molecule has 112 valence electrons. The molecule has 0 atom stereocenters. The van der Waals surface area contributed by atoms with E-state index in [0.29, 0.717) is 11.8 Å². The molecule has 2 aliphatic carbocycles. The highest BCUT2D eigenvalue weighted by Crippen LogP contribution is 2.60. The zero-order valence-electron chi connectivity index (χ0n) is 12.4. The number of nitrogens with one attached hydrogen (secondary N) is 1. The first-order valence-electron chi connectivity index (χ1n) is 7.63. The van der Waals surface area contributed by atoms with Crippen LogP contribution in [-0.4, -0.2) is 24.2 Å². The van der Waals surface area contributed by atoms with Gasteiger partial charge in [0, 0.05) is 13.0 Å². The maximum Gasteiger partial charge on any atom is 0.261 e. The quantitative estimate of drug-likeness (QED) is 0.822. The minimum atomic E-state index is 0.0326. The fourth-order valence-corrected chi connectivity index (χ4v) is 3.81. The van der Waals surface area contributed by atoms with Crippen molar-refractivity contribution < 1.29 is 9.90 Å². The molecule has 0 aromatic carbocycles. The third-order valence-electron chi connectivity index (χ3n) is 4.52. The van der Waals surface area contributed by atoms with Gasteiger partial charge in [-0.25, -0.2) is 0 Å². The number of aryl methyl sites for hydroxylation is 1. The molecule has 0 saturated heterocycles. The topological polar surface area (TPSA) is 49.3 Å². The zero-order valence-corrected chi connectivity index (χ0v) is 13.2. The first-order valence-corrected chi connectivity index (χ1v) is 8.45. The van der Waals surface area contributed by atoms with Gasteiger partial charge in [-0.15, -0.1) is 11.3 Å². The summed E-state index contributed by atoms with van der Waals surface area (Å²) in [4.78, 5) is 13.9. The molecule has 3 rings (SSSR count). The Morgan fingerprint density at radius 2 is 2.29 bits per heavy atom. The van der Waals surface area contributed by atoms with Crippen LogP contribution in [0, 0.1) is 30.1 Å². The van der Waals surface area contributed by atoms with Crippen LogP contribution in [0.3, 0.4) is 0 Å². The van der Waals surface area contributed by atoms with Gasteiger partial charge in [0.25, 0.3) is 5.91 Å². The Bertz CT molecular complexity index is 600. The van der Waals surface area contributed by atoms with Crippen LogP contribution in [0.15, 0.2) is 6.07 Å². The highest BCUT2D eigenvalue weighted by Gasteiger charge is 2.53. The molecule has 2 N–H and O–H groups in total. The normalized spacial score (nSPS) is 18.8. The maximum atomic E-state index is 12.3. The average molecular weight is 303 g/mol. The van der Waals surface area contributed by atoms with Gasteiger partial charge in [-0.2, -0.15) is 0 Å². The van der Waals surface area contributed by atoms with E-state index in [-0.39, 0.29) is 12.5 Å². The van der Waals surface area contributed by atoms with Gasteiger partial charge >= 0.3 is 0 Å². The molecule has 2 aliphatic rings. The molecule has 1 aromatic rings. The summed E-state index contributed by atoms with van der Waals surface area (Å²) in [5.41, 5.74) is 1.48. The Labute approximate surface area is 129 Å². The summed E-state index contributed by atoms with van der Waals surface area (Å²) in [6.45, 7) is 2.88. The van der Waals surface area contributed by atoms with E-state index < -0.39 is 0 Å². The van der Waals surface area contributed by atoms with E-state index in [2.05, 4.69) is 17.2 Å². The van der Waals surface area contributed by atoms with Crippen molar-refractivity contribution in [2.45, 2.75) is 39.0 Å². The summed E-state index contributed by atoms with van der Waals surface area (Å²) >= 11 is 1.45. The number of hydrogen-bond acceptors (Lipinski definition) is 3. The van der Waals surface area contributed by atoms with E-state index >= 15 is 0 Å². The summed E-state index contributed by atoms with van der Waals surface area (Å²) in [6, 6.07) is 1.92. The second kappa shape index (κ2) is 5.82. The lowest BCUT2D eigenvalue weighted by molar-refractivity contribution is 0.0946. The van der Waals surface area contributed by atoms with Gasteiger partial charge in [-0.3, -0.25) is 4.79 Å². The molecule has 21 heavy (non-hydrogen) atoms. The summed E-state index contributed by atoms with van der Waals surface area (Å²) in [5.74, 6) is 6.84. The van der Waals surface area contributed by atoms with Gasteiger partial charge in [0.2, 0.25) is 0 Å². The average Bonchev–Trinajstić information content (AvgIpc) is 3.35. The summed E-state index contributed by atoms with van der Waals surface area (Å²) in [7, 11) is 0.